The molecule has 1 aromatic heterocycles. The number of imidazole rings is 1. The van der Waals surface area contributed by atoms with Crippen LogP contribution in [0.5, 0.6) is 0 Å². The maximum atomic E-state index is 12.1. The molecule has 1 aliphatic rings. The summed E-state index contributed by atoms with van der Waals surface area (Å²) in [6.07, 6.45) is 6.93. The highest BCUT2D eigenvalue weighted by Gasteiger charge is 2.39. The number of nitrogens with one attached hydrogen (secondary N) is 1. The number of halogens is 1. The first kappa shape index (κ1) is 16.5. The third-order valence-corrected chi connectivity index (χ3v) is 3.63. The molecule has 1 unspecified atom stereocenters. The van der Waals surface area contributed by atoms with E-state index in [1.54, 1.807) is 12.5 Å². The Bertz CT molecular complexity index is 449. The van der Waals surface area contributed by atoms with Crippen LogP contribution >= 0.6 is 12.4 Å². The van der Waals surface area contributed by atoms with E-state index in [0.717, 1.165) is 19.4 Å². The van der Waals surface area contributed by atoms with E-state index in [9.17, 15) is 9.59 Å². The fourth-order valence-corrected chi connectivity index (χ4v) is 2.20. The molecular weight excluding hydrogens is 280 g/mol. The van der Waals surface area contributed by atoms with Gasteiger partial charge in [-0.25, -0.2) is 9.78 Å². The van der Waals surface area contributed by atoms with Crippen molar-refractivity contribution in [3.63, 3.8) is 0 Å². The molecule has 0 bridgehead atoms. The number of amides is 3. The maximum Gasteiger partial charge on any atom is 0.324 e. The first-order valence-corrected chi connectivity index (χ1v) is 6.71. The van der Waals surface area contributed by atoms with Crippen LogP contribution in [0.4, 0.5) is 4.79 Å². The average molecular weight is 301 g/mol. The number of rotatable bonds is 6. The number of hydrogen-bond donors (Lipinski definition) is 1. The van der Waals surface area contributed by atoms with Gasteiger partial charge in [0.1, 0.15) is 6.04 Å². The molecule has 7 heteroatoms. The summed E-state index contributed by atoms with van der Waals surface area (Å²) in [6.45, 7) is 5.21. The summed E-state index contributed by atoms with van der Waals surface area (Å²) in [4.78, 5) is 29.2. The van der Waals surface area contributed by atoms with Gasteiger partial charge in [0.25, 0.3) is 5.91 Å². The van der Waals surface area contributed by atoms with Crippen molar-refractivity contribution in [3.8, 4) is 0 Å². The van der Waals surface area contributed by atoms with Gasteiger partial charge in [-0.05, 0) is 12.3 Å². The molecule has 0 aromatic carbocycles. The number of nitrogens with zero attached hydrogens (tertiary/aromatic N) is 3. The third-order valence-electron chi connectivity index (χ3n) is 3.63. The minimum atomic E-state index is -0.356. The Morgan fingerprint density at radius 2 is 2.15 bits per heavy atom. The highest BCUT2D eigenvalue weighted by molar-refractivity contribution is 6.04. The van der Waals surface area contributed by atoms with E-state index in [1.165, 1.54) is 4.90 Å². The normalized spacial score (nSPS) is 19.7. The fraction of sp³-hybridized carbons (Fsp3) is 0.615. The lowest BCUT2D eigenvalue weighted by Crippen LogP contribution is -2.36. The minimum absolute atomic E-state index is 0. The Labute approximate surface area is 124 Å². The quantitative estimate of drug-likeness (QED) is 0.813. The van der Waals surface area contributed by atoms with E-state index in [4.69, 9.17) is 0 Å². The molecule has 6 nitrogen and oxygen atoms in total. The van der Waals surface area contributed by atoms with Crippen LogP contribution in [-0.2, 0) is 11.3 Å². The molecule has 1 aliphatic heterocycles. The van der Waals surface area contributed by atoms with Crippen LogP contribution in [0.15, 0.2) is 18.7 Å². The molecule has 1 N–H and O–H groups in total. The van der Waals surface area contributed by atoms with E-state index >= 15 is 0 Å². The predicted molar refractivity (Wildman–Crippen MR) is 77.6 cm³/mol. The standard InChI is InChI=1S/C13H20N4O2.ClH/c1-3-10(2)11-12(18)17(13(19)15-11)7-4-6-16-8-5-14-9-16;/h5,8-11H,3-4,6-7H2,1-2H3,(H,15,19);1H/t10?,11-;/m0./s1. The van der Waals surface area contributed by atoms with Crippen LogP contribution in [0.1, 0.15) is 26.7 Å². The largest absolute Gasteiger partial charge is 0.337 e. The predicted octanol–water partition coefficient (Wildman–Crippen LogP) is 1.66. The summed E-state index contributed by atoms with van der Waals surface area (Å²) in [5.74, 6) is 0.0834. The highest BCUT2D eigenvalue weighted by Crippen LogP contribution is 2.17. The van der Waals surface area contributed by atoms with Gasteiger partial charge in [-0.1, -0.05) is 20.3 Å². The Morgan fingerprint density at radius 3 is 2.75 bits per heavy atom. The molecule has 1 aromatic rings. The smallest absolute Gasteiger partial charge is 0.324 e. The van der Waals surface area contributed by atoms with Gasteiger partial charge >= 0.3 is 6.03 Å². The SMILES string of the molecule is CCC(C)[C@@H]1NC(=O)N(CCCn2ccnc2)C1=O.Cl. The van der Waals surface area contributed by atoms with Crippen molar-refractivity contribution in [3.05, 3.63) is 18.7 Å². The van der Waals surface area contributed by atoms with Crippen molar-refractivity contribution in [1.82, 2.24) is 19.8 Å². The van der Waals surface area contributed by atoms with E-state index in [-0.39, 0.29) is 36.3 Å². The molecule has 0 aliphatic carbocycles. The van der Waals surface area contributed by atoms with Gasteiger partial charge < -0.3 is 9.88 Å². The van der Waals surface area contributed by atoms with Crippen molar-refractivity contribution in [2.45, 2.75) is 39.3 Å². The number of aromatic nitrogens is 2. The highest BCUT2D eigenvalue weighted by atomic mass is 35.5. The van der Waals surface area contributed by atoms with E-state index in [1.807, 2.05) is 24.6 Å². The molecule has 0 spiro atoms. The summed E-state index contributed by atoms with van der Waals surface area (Å²) in [5.41, 5.74) is 0. The molecule has 2 heterocycles. The Morgan fingerprint density at radius 1 is 1.40 bits per heavy atom. The van der Waals surface area contributed by atoms with Gasteiger partial charge in [0.15, 0.2) is 0 Å². The summed E-state index contributed by atoms with van der Waals surface area (Å²) >= 11 is 0. The van der Waals surface area contributed by atoms with Gasteiger partial charge in [-0.2, -0.15) is 0 Å². The van der Waals surface area contributed by atoms with Gasteiger partial charge in [0.05, 0.1) is 6.33 Å². The molecule has 0 radical (unpaired) electrons. The van der Waals surface area contributed by atoms with Gasteiger partial charge in [0.2, 0.25) is 0 Å². The topological polar surface area (TPSA) is 67.2 Å². The average Bonchev–Trinajstić information content (AvgIpc) is 3.00. The van der Waals surface area contributed by atoms with Gasteiger partial charge in [0, 0.05) is 25.5 Å². The Hall–Kier alpha value is -1.56. The number of aryl methyl sites for hydroxylation is 1. The summed E-state index contributed by atoms with van der Waals surface area (Å²) < 4.78 is 1.94. The molecule has 2 atom stereocenters. The van der Waals surface area contributed by atoms with Crippen molar-refractivity contribution in [2.75, 3.05) is 6.54 Å². The lowest BCUT2D eigenvalue weighted by Gasteiger charge is -2.16. The number of carbonyl (C=O) groups is 2. The van der Waals surface area contributed by atoms with Crippen LogP contribution in [0, 0.1) is 5.92 Å². The van der Waals surface area contributed by atoms with Crippen LogP contribution in [-0.4, -0.2) is 39.0 Å². The van der Waals surface area contributed by atoms with Crippen LogP contribution in [0.2, 0.25) is 0 Å². The zero-order valence-corrected chi connectivity index (χ0v) is 12.6. The maximum absolute atomic E-state index is 12.1. The van der Waals surface area contributed by atoms with Crippen molar-refractivity contribution in [1.29, 1.82) is 0 Å². The monoisotopic (exact) mass is 300 g/mol. The first-order valence-electron chi connectivity index (χ1n) is 6.71. The van der Waals surface area contributed by atoms with Gasteiger partial charge in [-0.15, -0.1) is 12.4 Å². The molecule has 0 saturated carbocycles. The zero-order chi connectivity index (χ0) is 13.8. The number of hydrogen-bond acceptors (Lipinski definition) is 3. The van der Waals surface area contributed by atoms with Crippen LogP contribution in [0.25, 0.3) is 0 Å². The molecule has 112 valence electrons. The Kier molecular flexibility index (Phi) is 6.01. The van der Waals surface area contributed by atoms with Crippen molar-refractivity contribution < 1.29 is 9.59 Å². The molecule has 20 heavy (non-hydrogen) atoms. The van der Waals surface area contributed by atoms with Gasteiger partial charge in [-0.3, -0.25) is 9.69 Å². The van der Waals surface area contributed by atoms with Crippen LogP contribution < -0.4 is 5.32 Å². The Balaban J connectivity index is 0.00000200. The third kappa shape index (κ3) is 3.50. The number of carbonyl (C=O) groups excluding carboxylic acids is 2. The molecule has 1 saturated heterocycles. The summed E-state index contributed by atoms with van der Waals surface area (Å²) in [7, 11) is 0. The summed E-state index contributed by atoms with van der Waals surface area (Å²) in [5, 5.41) is 2.77. The molecule has 3 amide bonds. The van der Waals surface area contributed by atoms with Crippen LogP contribution in [0.3, 0.4) is 0 Å². The minimum Gasteiger partial charge on any atom is -0.337 e. The zero-order valence-electron chi connectivity index (χ0n) is 11.8. The second-order valence-corrected chi connectivity index (χ2v) is 4.96. The lowest BCUT2D eigenvalue weighted by molar-refractivity contribution is -0.128. The molecule has 2 rings (SSSR count). The summed E-state index contributed by atoms with van der Waals surface area (Å²) in [6, 6.07) is -0.619. The van der Waals surface area contributed by atoms with E-state index < -0.39 is 0 Å². The number of urea groups is 1. The molecule has 1 fully saturated rings. The lowest BCUT2D eigenvalue weighted by atomic mass is 9.99. The second kappa shape index (κ2) is 7.28. The van der Waals surface area contributed by atoms with E-state index in [0.29, 0.717) is 6.54 Å². The molecular formula is C13H21ClN4O2. The first-order chi connectivity index (χ1) is 9.13. The fourth-order valence-electron chi connectivity index (χ4n) is 2.20. The van der Waals surface area contributed by atoms with E-state index in [2.05, 4.69) is 10.3 Å². The van der Waals surface area contributed by atoms with Crippen molar-refractivity contribution in [2.24, 2.45) is 5.92 Å². The second-order valence-electron chi connectivity index (χ2n) is 4.96. The van der Waals surface area contributed by atoms with Crippen molar-refractivity contribution >= 4 is 24.3 Å². The number of imide groups is 1.